The molecule has 1 heterocycles. The van der Waals surface area contributed by atoms with Crippen LogP contribution in [0.4, 0.5) is 4.79 Å². The Morgan fingerprint density at radius 1 is 0.844 bits per heavy atom. The monoisotopic (exact) mass is 452 g/mol. The summed E-state index contributed by atoms with van der Waals surface area (Å²) in [5.41, 5.74) is 0.912. The zero-order chi connectivity index (χ0) is 23.0. The number of amides is 3. The van der Waals surface area contributed by atoms with Gasteiger partial charge in [-0.25, -0.2) is 9.59 Å². The van der Waals surface area contributed by atoms with E-state index in [1.807, 2.05) is 30.3 Å². The van der Waals surface area contributed by atoms with Gasteiger partial charge in [-0.2, -0.15) is 0 Å². The molecule has 0 atom stereocenters. The standard InChI is InChI=1S/C21H28N2O9/c24-18-6-7-19(25)23(18)32-20(26)8-10-28-12-14-30-15-13-29-11-9-22-21(27)31-16-17-4-2-1-3-5-17/h1-5H,6-16H2,(H,22,27). The van der Waals surface area contributed by atoms with Crippen LogP contribution < -0.4 is 5.32 Å². The summed E-state index contributed by atoms with van der Waals surface area (Å²) in [6.07, 6.45) is -0.474. The van der Waals surface area contributed by atoms with Gasteiger partial charge in [0.05, 0.1) is 46.1 Å². The summed E-state index contributed by atoms with van der Waals surface area (Å²) >= 11 is 0. The van der Waals surface area contributed by atoms with Crippen molar-refractivity contribution in [2.24, 2.45) is 0 Å². The minimum absolute atomic E-state index is 0.0570. The first-order chi connectivity index (χ1) is 15.6. The first kappa shape index (κ1) is 25.2. The molecule has 1 fully saturated rings. The van der Waals surface area contributed by atoms with Crippen molar-refractivity contribution in [2.45, 2.75) is 25.9 Å². The van der Waals surface area contributed by atoms with Gasteiger partial charge in [0.1, 0.15) is 6.61 Å². The Balaban J connectivity index is 1.33. The lowest BCUT2D eigenvalue weighted by Crippen LogP contribution is -2.32. The molecule has 1 aliphatic rings. The van der Waals surface area contributed by atoms with E-state index in [1.165, 1.54) is 0 Å². The van der Waals surface area contributed by atoms with E-state index >= 15 is 0 Å². The number of nitrogens with one attached hydrogen (secondary N) is 1. The highest BCUT2D eigenvalue weighted by molar-refractivity contribution is 6.01. The van der Waals surface area contributed by atoms with Crippen molar-refractivity contribution in [1.29, 1.82) is 0 Å². The molecule has 1 N–H and O–H groups in total. The molecule has 0 aliphatic carbocycles. The number of rotatable bonds is 15. The van der Waals surface area contributed by atoms with Gasteiger partial charge in [0.15, 0.2) is 0 Å². The van der Waals surface area contributed by atoms with E-state index in [-0.39, 0.29) is 39.1 Å². The van der Waals surface area contributed by atoms with Crippen molar-refractivity contribution >= 4 is 23.9 Å². The van der Waals surface area contributed by atoms with Crippen molar-refractivity contribution in [3.63, 3.8) is 0 Å². The molecule has 0 spiro atoms. The Bertz CT molecular complexity index is 726. The van der Waals surface area contributed by atoms with E-state index in [0.29, 0.717) is 38.0 Å². The molecule has 0 unspecified atom stereocenters. The number of carbonyl (C=O) groups is 4. The summed E-state index contributed by atoms with van der Waals surface area (Å²) in [5, 5.41) is 3.10. The molecule has 11 heteroatoms. The first-order valence-electron chi connectivity index (χ1n) is 10.3. The highest BCUT2D eigenvalue weighted by Crippen LogP contribution is 2.12. The van der Waals surface area contributed by atoms with Crippen LogP contribution in [-0.2, 0) is 44.8 Å². The number of benzene rings is 1. The van der Waals surface area contributed by atoms with Crippen molar-refractivity contribution in [1.82, 2.24) is 10.4 Å². The van der Waals surface area contributed by atoms with Crippen LogP contribution in [0.15, 0.2) is 30.3 Å². The second kappa shape index (κ2) is 14.9. The van der Waals surface area contributed by atoms with E-state index in [4.69, 9.17) is 23.8 Å². The van der Waals surface area contributed by atoms with Gasteiger partial charge >= 0.3 is 12.1 Å². The minimum Gasteiger partial charge on any atom is -0.445 e. The summed E-state index contributed by atoms with van der Waals surface area (Å²) in [7, 11) is 0. The molecular weight excluding hydrogens is 424 g/mol. The fourth-order valence-corrected chi connectivity index (χ4v) is 2.50. The second-order valence-corrected chi connectivity index (χ2v) is 6.62. The van der Waals surface area contributed by atoms with Crippen LogP contribution in [0.5, 0.6) is 0 Å². The van der Waals surface area contributed by atoms with Gasteiger partial charge in [-0.15, -0.1) is 5.06 Å². The number of hydrogen-bond donors (Lipinski definition) is 1. The molecule has 1 aromatic rings. The third kappa shape index (κ3) is 10.3. The van der Waals surface area contributed by atoms with Crippen LogP contribution in [0.25, 0.3) is 0 Å². The number of hydrogen-bond acceptors (Lipinski definition) is 9. The molecule has 1 saturated heterocycles. The van der Waals surface area contributed by atoms with Crippen LogP contribution in [0.2, 0.25) is 0 Å². The largest absolute Gasteiger partial charge is 0.445 e. The van der Waals surface area contributed by atoms with Gasteiger partial charge in [0.2, 0.25) is 0 Å². The van der Waals surface area contributed by atoms with Gasteiger partial charge < -0.3 is 29.1 Å². The van der Waals surface area contributed by atoms with Crippen LogP contribution in [0, 0.1) is 0 Å². The number of ether oxygens (including phenoxy) is 4. The van der Waals surface area contributed by atoms with E-state index in [2.05, 4.69) is 5.32 Å². The minimum atomic E-state index is -0.708. The molecule has 1 aromatic carbocycles. The average molecular weight is 452 g/mol. The van der Waals surface area contributed by atoms with Gasteiger partial charge in [-0.05, 0) is 5.56 Å². The lowest BCUT2D eigenvalue weighted by Gasteiger charge is -2.12. The molecule has 32 heavy (non-hydrogen) atoms. The molecule has 0 radical (unpaired) electrons. The zero-order valence-corrected chi connectivity index (χ0v) is 17.8. The predicted molar refractivity (Wildman–Crippen MR) is 109 cm³/mol. The van der Waals surface area contributed by atoms with Crippen molar-refractivity contribution < 1.29 is 43.0 Å². The molecule has 0 bridgehead atoms. The molecule has 176 valence electrons. The summed E-state index contributed by atoms with van der Waals surface area (Å²) in [6, 6.07) is 9.38. The van der Waals surface area contributed by atoms with Crippen molar-refractivity contribution in [3.05, 3.63) is 35.9 Å². The Labute approximate surface area is 185 Å². The summed E-state index contributed by atoms with van der Waals surface area (Å²) in [6.45, 7) is 2.22. The number of hydroxylamine groups is 2. The maximum absolute atomic E-state index is 11.6. The van der Waals surface area contributed by atoms with Gasteiger partial charge in [0.25, 0.3) is 11.8 Å². The quantitative estimate of drug-likeness (QED) is 0.305. The van der Waals surface area contributed by atoms with Crippen molar-refractivity contribution in [2.75, 3.05) is 46.2 Å². The Hall–Kier alpha value is -3.02. The van der Waals surface area contributed by atoms with Crippen LogP contribution in [0.1, 0.15) is 24.8 Å². The Kier molecular flexibility index (Phi) is 11.7. The fraction of sp³-hybridized carbons (Fsp3) is 0.524. The molecule has 11 nitrogen and oxygen atoms in total. The fourth-order valence-electron chi connectivity index (χ4n) is 2.50. The predicted octanol–water partition coefficient (Wildman–Crippen LogP) is 0.960. The average Bonchev–Trinajstić information content (AvgIpc) is 3.11. The van der Waals surface area contributed by atoms with Gasteiger partial charge in [-0.1, -0.05) is 30.3 Å². The zero-order valence-electron chi connectivity index (χ0n) is 17.8. The summed E-state index contributed by atoms with van der Waals surface area (Å²) in [5.74, 6) is -1.74. The summed E-state index contributed by atoms with van der Waals surface area (Å²) in [4.78, 5) is 50.5. The number of nitrogens with zero attached hydrogens (tertiary/aromatic N) is 1. The molecular formula is C21H28N2O9. The Morgan fingerprint density at radius 2 is 1.44 bits per heavy atom. The van der Waals surface area contributed by atoms with E-state index in [0.717, 1.165) is 5.56 Å². The molecule has 0 aromatic heterocycles. The smallest absolute Gasteiger partial charge is 0.407 e. The van der Waals surface area contributed by atoms with E-state index in [9.17, 15) is 19.2 Å². The first-order valence-corrected chi connectivity index (χ1v) is 10.3. The normalized spacial score (nSPS) is 13.3. The third-order valence-electron chi connectivity index (χ3n) is 4.12. The van der Waals surface area contributed by atoms with Crippen molar-refractivity contribution in [3.8, 4) is 0 Å². The van der Waals surface area contributed by atoms with E-state index < -0.39 is 23.9 Å². The van der Waals surface area contributed by atoms with Crippen LogP contribution in [-0.4, -0.2) is 75.1 Å². The van der Waals surface area contributed by atoms with Crippen LogP contribution in [0.3, 0.4) is 0 Å². The van der Waals surface area contributed by atoms with Crippen LogP contribution >= 0.6 is 0 Å². The number of carbonyl (C=O) groups excluding carboxylic acids is 4. The van der Waals surface area contributed by atoms with Gasteiger partial charge in [0, 0.05) is 19.4 Å². The highest BCUT2D eigenvalue weighted by Gasteiger charge is 2.32. The maximum Gasteiger partial charge on any atom is 0.407 e. The number of alkyl carbamates (subject to hydrolysis) is 1. The topological polar surface area (TPSA) is 130 Å². The molecule has 1 aliphatic heterocycles. The molecule has 2 rings (SSSR count). The maximum atomic E-state index is 11.6. The Morgan fingerprint density at radius 3 is 2.09 bits per heavy atom. The van der Waals surface area contributed by atoms with Gasteiger partial charge in [-0.3, -0.25) is 9.59 Å². The molecule has 3 amide bonds. The third-order valence-corrected chi connectivity index (χ3v) is 4.12. The SMILES string of the molecule is O=C(CCOCCOCCOCCNC(=O)OCc1ccccc1)ON1C(=O)CCC1=O. The lowest BCUT2D eigenvalue weighted by atomic mass is 10.2. The molecule has 0 saturated carbocycles. The van der Waals surface area contributed by atoms with E-state index in [1.54, 1.807) is 0 Å². The summed E-state index contributed by atoms with van der Waals surface area (Å²) < 4.78 is 20.9. The lowest BCUT2D eigenvalue weighted by molar-refractivity contribution is -0.198. The number of imide groups is 1. The second-order valence-electron chi connectivity index (χ2n) is 6.62. The highest BCUT2D eigenvalue weighted by atomic mass is 16.7.